The van der Waals surface area contributed by atoms with Crippen molar-refractivity contribution < 1.29 is 22.5 Å². The van der Waals surface area contributed by atoms with E-state index < -0.39 is 24.9 Å². The van der Waals surface area contributed by atoms with E-state index in [1.54, 1.807) is 18.5 Å². The zero-order valence-electron chi connectivity index (χ0n) is 13.4. The first-order chi connectivity index (χ1) is 11.9. The Morgan fingerprint density at radius 2 is 2.08 bits per heavy atom. The third-order valence-corrected chi connectivity index (χ3v) is 4.18. The molecule has 1 aliphatic rings. The number of pyridine rings is 1. The van der Waals surface area contributed by atoms with Gasteiger partial charge in [-0.15, -0.1) is 0 Å². The van der Waals surface area contributed by atoms with Gasteiger partial charge in [0.05, 0.1) is 6.42 Å². The summed E-state index contributed by atoms with van der Waals surface area (Å²) in [5.41, 5.74) is 0.747. The van der Waals surface area contributed by atoms with E-state index in [0.717, 1.165) is 5.56 Å². The Hall–Kier alpha value is -2.45. The predicted octanol–water partition coefficient (Wildman–Crippen LogP) is 3.18. The molecule has 0 atom stereocenters. The average molecular weight is 354 g/mol. The Labute approximate surface area is 142 Å². The average Bonchev–Trinajstić information content (AvgIpc) is 3.10. The molecular formula is C16H17F3N4O2. The van der Waals surface area contributed by atoms with Crippen molar-refractivity contribution in [3.8, 4) is 11.4 Å². The van der Waals surface area contributed by atoms with E-state index in [4.69, 9.17) is 4.52 Å². The van der Waals surface area contributed by atoms with Crippen LogP contribution in [0.5, 0.6) is 0 Å². The lowest BCUT2D eigenvalue weighted by molar-refractivity contribution is -0.149. The lowest BCUT2D eigenvalue weighted by Gasteiger charge is -2.30. The Balaban J connectivity index is 1.54. The van der Waals surface area contributed by atoms with Gasteiger partial charge in [-0.3, -0.25) is 9.78 Å². The van der Waals surface area contributed by atoms with Crippen LogP contribution in [0.25, 0.3) is 11.4 Å². The van der Waals surface area contributed by atoms with Crippen LogP contribution in [0, 0.1) is 0 Å². The van der Waals surface area contributed by atoms with Gasteiger partial charge in [-0.05, 0) is 25.0 Å². The Morgan fingerprint density at radius 1 is 1.32 bits per heavy atom. The molecule has 3 heterocycles. The minimum Gasteiger partial charge on any atom is -0.343 e. The largest absolute Gasteiger partial charge is 0.389 e. The number of carbonyl (C=O) groups excluding carboxylic acids is 1. The first kappa shape index (κ1) is 17.4. The summed E-state index contributed by atoms with van der Waals surface area (Å²) in [7, 11) is 0. The van der Waals surface area contributed by atoms with Crippen LogP contribution in [-0.2, 0) is 4.79 Å². The second-order valence-electron chi connectivity index (χ2n) is 5.97. The van der Waals surface area contributed by atoms with E-state index in [9.17, 15) is 18.0 Å². The number of hydrogen-bond donors (Lipinski definition) is 0. The van der Waals surface area contributed by atoms with Crippen LogP contribution >= 0.6 is 0 Å². The summed E-state index contributed by atoms with van der Waals surface area (Å²) < 4.78 is 41.9. The third-order valence-electron chi connectivity index (χ3n) is 4.18. The van der Waals surface area contributed by atoms with Crippen LogP contribution in [0.1, 0.15) is 37.5 Å². The maximum absolute atomic E-state index is 12.2. The molecule has 9 heteroatoms. The first-order valence-corrected chi connectivity index (χ1v) is 8.01. The lowest BCUT2D eigenvalue weighted by Crippen LogP contribution is -2.38. The molecule has 134 valence electrons. The summed E-state index contributed by atoms with van der Waals surface area (Å²) >= 11 is 0. The van der Waals surface area contributed by atoms with Crippen LogP contribution < -0.4 is 0 Å². The molecule has 0 radical (unpaired) electrons. The molecule has 1 fully saturated rings. The van der Waals surface area contributed by atoms with Crippen molar-refractivity contribution in [1.82, 2.24) is 20.0 Å². The first-order valence-electron chi connectivity index (χ1n) is 8.01. The molecule has 0 spiro atoms. The maximum atomic E-state index is 12.2. The van der Waals surface area contributed by atoms with Gasteiger partial charge in [-0.2, -0.15) is 18.2 Å². The smallest absolute Gasteiger partial charge is 0.343 e. The molecule has 0 aliphatic carbocycles. The van der Waals surface area contributed by atoms with Crippen molar-refractivity contribution >= 4 is 5.91 Å². The molecule has 1 aliphatic heterocycles. The molecule has 3 rings (SSSR count). The van der Waals surface area contributed by atoms with E-state index in [1.165, 1.54) is 4.90 Å². The van der Waals surface area contributed by atoms with Crippen LogP contribution in [0.15, 0.2) is 29.0 Å². The van der Waals surface area contributed by atoms with E-state index in [0.29, 0.717) is 37.6 Å². The van der Waals surface area contributed by atoms with E-state index in [-0.39, 0.29) is 5.92 Å². The predicted molar refractivity (Wildman–Crippen MR) is 81.4 cm³/mol. The van der Waals surface area contributed by atoms with Crippen LogP contribution in [0.4, 0.5) is 13.2 Å². The number of piperidine rings is 1. The maximum Gasteiger partial charge on any atom is 0.389 e. The SMILES string of the molecule is O=C(CCC(F)(F)F)N1CCC(c2nc(-c3cccnc3)no2)CC1. The van der Waals surface area contributed by atoms with Crippen LogP contribution in [0.2, 0.25) is 0 Å². The molecule has 0 bridgehead atoms. The van der Waals surface area contributed by atoms with Crippen LogP contribution in [-0.4, -0.2) is 45.2 Å². The normalized spacial score (nSPS) is 16.2. The van der Waals surface area contributed by atoms with Crippen molar-refractivity contribution in [2.75, 3.05) is 13.1 Å². The van der Waals surface area contributed by atoms with Gasteiger partial charge in [0.15, 0.2) is 0 Å². The fourth-order valence-corrected chi connectivity index (χ4v) is 2.80. The van der Waals surface area contributed by atoms with Crippen molar-refractivity contribution in [2.45, 2.75) is 37.8 Å². The quantitative estimate of drug-likeness (QED) is 0.843. The molecule has 6 nitrogen and oxygen atoms in total. The minimum absolute atomic E-state index is 0.00425. The number of nitrogens with zero attached hydrogens (tertiary/aromatic N) is 4. The van der Waals surface area contributed by atoms with Gasteiger partial charge in [0, 0.05) is 43.4 Å². The van der Waals surface area contributed by atoms with Gasteiger partial charge in [0.1, 0.15) is 0 Å². The van der Waals surface area contributed by atoms with Gasteiger partial charge in [0.2, 0.25) is 17.6 Å². The van der Waals surface area contributed by atoms with E-state index >= 15 is 0 Å². The highest BCUT2D eigenvalue weighted by Crippen LogP contribution is 2.29. The van der Waals surface area contributed by atoms with Gasteiger partial charge < -0.3 is 9.42 Å². The fourth-order valence-electron chi connectivity index (χ4n) is 2.80. The zero-order valence-corrected chi connectivity index (χ0v) is 13.4. The van der Waals surface area contributed by atoms with Crippen molar-refractivity contribution in [3.63, 3.8) is 0 Å². The molecule has 0 unspecified atom stereocenters. The molecule has 25 heavy (non-hydrogen) atoms. The van der Waals surface area contributed by atoms with Crippen molar-refractivity contribution in [3.05, 3.63) is 30.4 Å². The Bertz CT molecular complexity index is 710. The van der Waals surface area contributed by atoms with E-state index in [1.807, 2.05) is 6.07 Å². The molecule has 1 saturated heterocycles. The molecule has 0 aromatic carbocycles. The highest BCUT2D eigenvalue weighted by molar-refractivity contribution is 5.76. The number of aromatic nitrogens is 3. The molecule has 0 saturated carbocycles. The number of carbonyl (C=O) groups is 1. The van der Waals surface area contributed by atoms with Crippen LogP contribution in [0.3, 0.4) is 0 Å². The van der Waals surface area contributed by atoms with Gasteiger partial charge >= 0.3 is 6.18 Å². The topological polar surface area (TPSA) is 72.1 Å². The summed E-state index contributed by atoms with van der Waals surface area (Å²) in [4.78, 5) is 21.7. The number of alkyl halides is 3. The van der Waals surface area contributed by atoms with Gasteiger partial charge in [-0.25, -0.2) is 0 Å². The van der Waals surface area contributed by atoms with Crippen molar-refractivity contribution in [1.29, 1.82) is 0 Å². The number of likely N-dealkylation sites (tertiary alicyclic amines) is 1. The summed E-state index contributed by atoms with van der Waals surface area (Å²) in [6.45, 7) is 0.790. The monoisotopic (exact) mass is 354 g/mol. The zero-order chi connectivity index (χ0) is 17.9. The fraction of sp³-hybridized carbons (Fsp3) is 0.500. The molecule has 0 N–H and O–H groups in total. The summed E-state index contributed by atoms with van der Waals surface area (Å²) in [5, 5.41) is 3.94. The molecule has 1 amide bonds. The summed E-state index contributed by atoms with van der Waals surface area (Å²) in [5.74, 6) is 0.481. The number of amides is 1. The Kier molecular flexibility index (Phi) is 5.00. The second-order valence-corrected chi connectivity index (χ2v) is 5.97. The molecule has 2 aromatic rings. The number of halogens is 3. The van der Waals surface area contributed by atoms with Crippen molar-refractivity contribution in [2.24, 2.45) is 0 Å². The number of hydrogen-bond acceptors (Lipinski definition) is 5. The summed E-state index contributed by atoms with van der Waals surface area (Å²) in [6, 6.07) is 3.60. The van der Waals surface area contributed by atoms with Gasteiger partial charge in [0.25, 0.3) is 0 Å². The molecule has 2 aromatic heterocycles. The third kappa shape index (κ3) is 4.55. The number of rotatable bonds is 4. The standard InChI is InChI=1S/C16H17F3N4O2/c17-16(18,19)6-3-13(24)23-8-4-11(5-9-23)15-21-14(22-25-15)12-2-1-7-20-10-12/h1-2,7,10-11H,3-6,8-9H2. The highest BCUT2D eigenvalue weighted by atomic mass is 19.4. The minimum atomic E-state index is -4.31. The van der Waals surface area contributed by atoms with Gasteiger partial charge in [-0.1, -0.05) is 5.16 Å². The molecular weight excluding hydrogens is 337 g/mol. The second kappa shape index (κ2) is 7.20. The lowest BCUT2D eigenvalue weighted by atomic mass is 9.96. The summed E-state index contributed by atoms with van der Waals surface area (Å²) in [6.07, 6.45) is -1.42. The Morgan fingerprint density at radius 3 is 2.72 bits per heavy atom. The highest BCUT2D eigenvalue weighted by Gasteiger charge is 2.31. The van der Waals surface area contributed by atoms with E-state index in [2.05, 4.69) is 15.1 Å².